The van der Waals surface area contributed by atoms with E-state index in [4.69, 9.17) is 10.8 Å². The van der Waals surface area contributed by atoms with Crippen LogP contribution in [0.5, 0.6) is 5.75 Å². The number of nitrogens with zero attached hydrogens (tertiary/aromatic N) is 1. The topological polar surface area (TPSA) is 112 Å². The number of carboxylic acids is 1. The molecule has 2 rings (SSSR count). The molecule has 5 N–H and O–H groups in total. The lowest BCUT2D eigenvalue weighted by molar-refractivity contribution is -0.138. The van der Waals surface area contributed by atoms with Crippen molar-refractivity contribution in [2.24, 2.45) is 5.73 Å². The van der Waals surface area contributed by atoms with E-state index in [9.17, 15) is 9.90 Å². The first-order chi connectivity index (χ1) is 8.58. The molecule has 0 aliphatic heterocycles. The van der Waals surface area contributed by atoms with Crippen molar-refractivity contribution >= 4 is 5.97 Å². The maximum Gasteiger partial charge on any atom is 0.320 e. The van der Waals surface area contributed by atoms with Crippen LogP contribution < -0.4 is 5.73 Å². The summed E-state index contributed by atoms with van der Waals surface area (Å²) in [5.74, 6) is -0.446. The Balaban J connectivity index is 2.30. The molecule has 2 aromatic rings. The molecule has 0 amide bonds. The highest BCUT2D eigenvalue weighted by molar-refractivity contribution is 5.74. The second-order valence-corrected chi connectivity index (χ2v) is 3.94. The molecular weight excluding hydrogens is 234 g/mol. The van der Waals surface area contributed by atoms with Gasteiger partial charge in [0.25, 0.3) is 0 Å². The number of rotatable bonds is 4. The predicted molar refractivity (Wildman–Crippen MR) is 65.0 cm³/mol. The number of H-pyrrole nitrogens is 1. The van der Waals surface area contributed by atoms with Gasteiger partial charge in [0.15, 0.2) is 0 Å². The minimum Gasteiger partial charge on any atom is -0.507 e. The standard InChI is InChI=1S/C12H13N3O3/c13-9(12(17)18)6-7-1-2-10(16)8(5-7)11-14-3-4-15-11/h1-5,9,16H,6,13H2,(H,14,15)(H,17,18)/t9-/m0/s1. The Kier molecular flexibility index (Phi) is 3.29. The summed E-state index contributed by atoms with van der Waals surface area (Å²) in [4.78, 5) is 17.6. The Bertz CT molecular complexity index is 552. The summed E-state index contributed by atoms with van der Waals surface area (Å²) < 4.78 is 0. The smallest absolute Gasteiger partial charge is 0.320 e. The fourth-order valence-corrected chi connectivity index (χ4v) is 1.65. The summed E-state index contributed by atoms with van der Waals surface area (Å²) >= 11 is 0. The minimum atomic E-state index is -1.05. The Morgan fingerprint density at radius 1 is 1.50 bits per heavy atom. The zero-order valence-corrected chi connectivity index (χ0v) is 9.50. The molecule has 6 heteroatoms. The molecular formula is C12H13N3O3. The molecule has 1 aromatic heterocycles. The predicted octanol–water partition coefficient (Wildman–Crippen LogP) is 0.737. The summed E-state index contributed by atoms with van der Waals surface area (Å²) in [6.45, 7) is 0. The quantitative estimate of drug-likeness (QED) is 0.636. The molecule has 0 spiro atoms. The van der Waals surface area contributed by atoms with E-state index in [1.165, 1.54) is 6.07 Å². The average Bonchev–Trinajstić information content (AvgIpc) is 2.85. The van der Waals surface area contributed by atoms with E-state index in [1.54, 1.807) is 24.5 Å². The first-order valence-corrected chi connectivity index (χ1v) is 5.38. The van der Waals surface area contributed by atoms with Crippen molar-refractivity contribution in [1.29, 1.82) is 0 Å². The van der Waals surface area contributed by atoms with Gasteiger partial charge in [-0.15, -0.1) is 0 Å². The Labute approximate surface area is 103 Å². The summed E-state index contributed by atoms with van der Waals surface area (Å²) in [5, 5.41) is 18.5. The molecule has 0 saturated carbocycles. The fourth-order valence-electron chi connectivity index (χ4n) is 1.65. The van der Waals surface area contributed by atoms with E-state index >= 15 is 0 Å². The SMILES string of the molecule is N[C@@H](Cc1ccc(O)c(-c2ncc[nH]2)c1)C(=O)O. The van der Waals surface area contributed by atoms with Gasteiger partial charge >= 0.3 is 5.97 Å². The Hall–Kier alpha value is -2.34. The lowest BCUT2D eigenvalue weighted by Gasteiger charge is -2.08. The zero-order valence-electron chi connectivity index (χ0n) is 9.50. The van der Waals surface area contributed by atoms with Gasteiger partial charge in [-0.2, -0.15) is 0 Å². The number of carbonyl (C=O) groups is 1. The van der Waals surface area contributed by atoms with Gasteiger partial charge in [0.2, 0.25) is 0 Å². The van der Waals surface area contributed by atoms with Crippen LogP contribution in [0.2, 0.25) is 0 Å². The van der Waals surface area contributed by atoms with Crippen LogP contribution >= 0.6 is 0 Å². The summed E-state index contributed by atoms with van der Waals surface area (Å²) in [7, 11) is 0. The maximum absolute atomic E-state index is 10.7. The monoisotopic (exact) mass is 247 g/mol. The second kappa shape index (κ2) is 4.89. The minimum absolute atomic E-state index is 0.0811. The second-order valence-electron chi connectivity index (χ2n) is 3.94. The molecule has 18 heavy (non-hydrogen) atoms. The number of nitrogens with two attached hydrogens (primary N) is 1. The lowest BCUT2D eigenvalue weighted by atomic mass is 10.0. The summed E-state index contributed by atoms with van der Waals surface area (Å²) in [5.41, 5.74) is 6.72. The molecule has 0 aliphatic rings. The number of hydrogen-bond acceptors (Lipinski definition) is 4. The number of carboxylic acid groups (broad SMARTS) is 1. The largest absolute Gasteiger partial charge is 0.507 e. The molecule has 1 atom stereocenters. The van der Waals surface area contributed by atoms with E-state index in [-0.39, 0.29) is 12.2 Å². The number of aromatic nitrogens is 2. The molecule has 0 unspecified atom stereocenters. The first kappa shape index (κ1) is 12.1. The van der Waals surface area contributed by atoms with Crippen LogP contribution in [0, 0.1) is 0 Å². The number of aliphatic carboxylic acids is 1. The van der Waals surface area contributed by atoms with Crippen LogP contribution in [0.3, 0.4) is 0 Å². The number of phenols is 1. The van der Waals surface area contributed by atoms with Crippen LogP contribution in [0.15, 0.2) is 30.6 Å². The van der Waals surface area contributed by atoms with Gasteiger partial charge in [-0.3, -0.25) is 4.79 Å². The first-order valence-electron chi connectivity index (χ1n) is 5.38. The molecule has 0 fully saturated rings. The van der Waals surface area contributed by atoms with Gasteiger partial charge in [0.1, 0.15) is 17.6 Å². The highest BCUT2D eigenvalue weighted by Gasteiger charge is 2.14. The number of aromatic amines is 1. The molecule has 0 saturated heterocycles. The number of phenolic OH excluding ortho intramolecular Hbond substituents is 1. The number of nitrogens with one attached hydrogen (secondary N) is 1. The molecule has 1 aromatic carbocycles. The summed E-state index contributed by atoms with van der Waals surface area (Å²) in [6.07, 6.45) is 3.41. The lowest BCUT2D eigenvalue weighted by Crippen LogP contribution is -2.32. The molecule has 6 nitrogen and oxygen atoms in total. The van der Waals surface area contributed by atoms with E-state index < -0.39 is 12.0 Å². The summed E-state index contributed by atoms with van der Waals surface area (Å²) in [6, 6.07) is 3.86. The van der Waals surface area contributed by atoms with Crippen LogP contribution in [-0.2, 0) is 11.2 Å². The van der Waals surface area contributed by atoms with Crippen molar-refractivity contribution in [3.8, 4) is 17.1 Å². The molecule has 0 radical (unpaired) electrons. The molecule has 94 valence electrons. The molecule has 0 aliphatic carbocycles. The number of hydrogen-bond donors (Lipinski definition) is 4. The van der Waals surface area contributed by atoms with E-state index in [1.807, 2.05) is 0 Å². The number of aromatic hydroxyl groups is 1. The van der Waals surface area contributed by atoms with Crippen LogP contribution in [0.25, 0.3) is 11.4 Å². The van der Waals surface area contributed by atoms with E-state index in [0.717, 1.165) is 5.56 Å². The van der Waals surface area contributed by atoms with Gasteiger partial charge in [-0.05, 0) is 24.1 Å². The van der Waals surface area contributed by atoms with Crippen LogP contribution in [-0.4, -0.2) is 32.2 Å². The average molecular weight is 247 g/mol. The molecule has 0 bridgehead atoms. The zero-order chi connectivity index (χ0) is 13.1. The van der Waals surface area contributed by atoms with Gasteiger partial charge < -0.3 is 20.9 Å². The highest BCUT2D eigenvalue weighted by Crippen LogP contribution is 2.27. The highest BCUT2D eigenvalue weighted by atomic mass is 16.4. The van der Waals surface area contributed by atoms with Crippen LogP contribution in [0.1, 0.15) is 5.56 Å². The van der Waals surface area contributed by atoms with Gasteiger partial charge in [-0.1, -0.05) is 6.07 Å². The maximum atomic E-state index is 10.7. The van der Waals surface area contributed by atoms with Crippen molar-refractivity contribution < 1.29 is 15.0 Å². The van der Waals surface area contributed by atoms with Crippen molar-refractivity contribution in [2.75, 3.05) is 0 Å². The van der Waals surface area contributed by atoms with Gasteiger partial charge in [0.05, 0.1) is 5.56 Å². The van der Waals surface area contributed by atoms with Gasteiger partial charge in [-0.25, -0.2) is 4.98 Å². The van der Waals surface area contributed by atoms with Crippen molar-refractivity contribution in [1.82, 2.24) is 9.97 Å². The normalized spacial score (nSPS) is 12.3. The van der Waals surface area contributed by atoms with Crippen molar-refractivity contribution in [3.63, 3.8) is 0 Å². The van der Waals surface area contributed by atoms with Crippen molar-refractivity contribution in [2.45, 2.75) is 12.5 Å². The Morgan fingerprint density at radius 3 is 2.89 bits per heavy atom. The third-order valence-corrected chi connectivity index (χ3v) is 2.59. The fraction of sp³-hybridized carbons (Fsp3) is 0.167. The third kappa shape index (κ3) is 2.49. The Morgan fingerprint density at radius 2 is 2.28 bits per heavy atom. The van der Waals surface area contributed by atoms with Gasteiger partial charge in [0, 0.05) is 12.4 Å². The number of benzene rings is 1. The van der Waals surface area contributed by atoms with E-state index in [2.05, 4.69) is 9.97 Å². The van der Waals surface area contributed by atoms with E-state index in [0.29, 0.717) is 11.4 Å². The van der Waals surface area contributed by atoms with Crippen LogP contribution in [0.4, 0.5) is 0 Å². The molecule has 1 heterocycles. The van der Waals surface area contributed by atoms with Crippen molar-refractivity contribution in [3.05, 3.63) is 36.2 Å². The number of imidazole rings is 1. The third-order valence-electron chi connectivity index (χ3n) is 2.59.